The molecule has 50 heavy (non-hydrogen) atoms. The third-order valence-electron chi connectivity index (χ3n) is 9.17. The largest absolute Gasteiger partial charge is 0.456 e. The molecular weight excluding hydrogens is 651 g/mol. The van der Waals surface area contributed by atoms with E-state index in [0.29, 0.717) is 0 Å². The van der Waals surface area contributed by atoms with E-state index in [-0.39, 0.29) is 0 Å². The van der Waals surface area contributed by atoms with Gasteiger partial charge in [0.15, 0.2) is 0 Å². The zero-order valence-electron chi connectivity index (χ0n) is 26.7. The lowest BCUT2D eigenvalue weighted by Crippen LogP contribution is -2.09. The van der Waals surface area contributed by atoms with Crippen molar-refractivity contribution in [1.29, 1.82) is 0 Å². The molecule has 0 N–H and O–H groups in total. The molecule has 0 amide bonds. The molecule has 3 aromatic heterocycles. The van der Waals surface area contributed by atoms with Gasteiger partial charge in [0.2, 0.25) is 0 Å². The number of furan rings is 1. The molecule has 0 radical (unpaired) electrons. The van der Waals surface area contributed by atoms with Gasteiger partial charge in [-0.3, -0.25) is 0 Å². The molecule has 0 saturated heterocycles. The highest BCUT2D eigenvalue weighted by Crippen LogP contribution is 2.40. The predicted molar refractivity (Wildman–Crippen MR) is 211 cm³/mol. The van der Waals surface area contributed by atoms with Gasteiger partial charge in [0.25, 0.3) is 0 Å². The lowest BCUT2D eigenvalue weighted by molar-refractivity contribution is 0.669. The van der Waals surface area contributed by atoms with Crippen molar-refractivity contribution in [2.24, 2.45) is 0 Å². The van der Waals surface area contributed by atoms with Crippen LogP contribution in [-0.4, -0.2) is 9.97 Å². The SMILES string of the molecule is c1ccc2sc(-c3ccc(N(c4ccc(-c5ccc6oc7ccccc7c6c5)cc4)c4ccc(-c5nc6ccccc6s5)cc4)cc3)nc2c1. The molecule has 0 aliphatic rings. The van der Waals surface area contributed by atoms with E-state index in [0.717, 1.165) is 82.3 Å². The Balaban J connectivity index is 1.03. The molecule has 10 aromatic rings. The van der Waals surface area contributed by atoms with Crippen LogP contribution in [0.5, 0.6) is 0 Å². The van der Waals surface area contributed by atoms with Gasteiger partial charge in [-0.05, 0) is 114 Å². The van der Waals surface area contributed by atoms with Gasteiger partial charge in [0.05, 0.1) is 20.4 Å². The van der Waals surface area contributed by atoms with Crippen LogP contribution in [0.15, 0.2) is 168 Å². The minimum Gasteiger partial charge on any atom is -0.456 e. The van der Waals surface area contributed by atoms with Crippen molar-refractivity contribution < 1.29 is 4.42 Å². The number of rotatable bonds is 6. The smallest absolute Gasteiger partial charge is 0.135 e. The Kier molecular flexibility index (Phi) is 6.82. The first-order valence-electron chi connectivity index (χ1n) is 16.5. The molecule has 0 aliphatic heterocycles. The van der Waals surface area contributed by atoms with Gasteiger partial charge >= 0.3 is 0 Å². The molecule has 0 fully saturated rings. The number of fused-ring (bicyclic) bond motifs is 5. The lowest BCUT2D eigenvalue weighted by atomic mass is 10.0. The maximum atomic E-state index is 6.08. The zero-order chi connectivity index (χ0) is 33.0. The molecular formula is C44H27N3OS2. The summed E-state index contributed by atoms with van der Waals surface area (Å²) in [6.45, 7) is 0. The quantitative estimate of drug-likeness (QED) is 0.176. The Morgan fingerprint density at radius 2 is 0.860 bits per heavy atom. The number of aromatic nitrogens is 2. The van der Waals surface area contributed by atoms with Gasteiger partial charge in [-0.25, -0.2) is 9.97 Å². The fourth-order valence-electron chi connectivity index (χ4n) is 6.65. The summed E-state index contributed by atoms with van der Waals surface area (Å²) in [5.74, 6) is 0. The molecule has 6 heteroatoms. The van der Waals surface area contributed by atoms with Crippen molar-refractivity contribution in [3.8, 4) is 32.3 Å². The minimum atomic E-state index is 0.904. The molecule has 7 aromatic carbocycles. The summed E-state index contributed by atoms with van der Waals surface area (Å²) in [4.78, 5) is 12.1. The third-order valence-corrected chi connectivity index (χ3v) is 11.3. The molecule has 0 atom stereocenters. The van der Waals surface area contributed by atoms with E-state index < -0.39 is 0 Å². The molecule has 0 spiro atoms. The molecule has 236 valence electrons. The predicted octanol–water partition coefficient (Wildman–Crippen LogP) is 13.3. The van der Waals surface area contributed by atoms with E-state index in [1.165, 1.54) is 9.40 Å². The molecule has 4 nitrogen and oxygen atoms in total. The Hall–Kier alpha value is -6.08. The second-order valence-corrected chi connectivity index (χ2v) is 14.3. The number of para-hydroxylation sites is 3. The van der Waals surface area contributed by atoms with Gasteiger partial charge in [-0.1, -0.05) is 60.7 Å². The standard InChI is InChI=1S/C44H27N3OS2/c1-4-10-39-35(7-1)36-27-31(19-26-40(36)48-39)28-13-20-32(21-14-28)47(33-22-15-29(16-23-33)43-45-37-8-2-5-11-41(37)49-43)34-24-17-30(18-25-34)44-46-38-9-3-6-12-42(38)50-44/h1-27H. The molecule has 0 aliphatic carbocycles. The van der Waals surface area contributed by atoms with Crippen LogP contribution in [0.1, 0.15) is 0 Å². The first-order chi connectivity index (χ1) is 24.7. The van der Waals surface area contributed by atoms with Crippen molar-refractivity contribution in [3.63, 3.8) is 0 Å². The summed E-state index contributed by atoms with van der Waals surface area (Å²) in [6.07, 6.45) is 0. The van der Waals surface area contributed by atoms with Crippen LogP contribution in [0, 0.1) is 0 Å². The van der Waals surface area contributed by atoms with Crippen LogP contribution in [0.4, 0.5) is 17.1 Å². The van der Waals surface area contributed by atoms with Gasteiger partial charge in [0.1, 0.15) is 21.2 Å². The van der Waals surface area contributed by atoms with Crippen LogP contribution in [-0.2, 0) is 0 Å². The van der Waals surface area contributed by atoms with Crippen LogP contribution >= 0.6 is 22.7 Å². The summed E-state index contributed by atoms with van der Waals surface area (Å²) in [5, 5.41) is 4.31. The number of anilines is 3. The van der Waals surface area contributed by atoms with Crippen LogP contribution in [0.2, 0.25) is 0 Å². The van der Waals surface area contributed by atoms with Crippen molar-refractivity contribution in [3.05, 3.63) is 164 Å². The topological polar surface area (TPSA) is 42.2 Å². The first kappa shape index (κ1) is 28.9. The Morgan fingerprint density at radius 3 is 1.42 bits per heavy atom. The summed E-state index contributed by atoms with van der Waals surface area (Å²) in [7, 11) is 0. The zero-order valence-corrected chi connectivity index (χ0v) is 28.3. The third kappa shape index (κ3) is 5.05. The normalized spacial score (nSPS) is 11.6. The molecule has 0 bridgehead atoms. The fourth-order valence-corrected chi connectivity index (χ4v) is 8.60. The maximum absolute atomic E-state index is 6.08. The van der Waals surface area contributed by atoms with Crippen LogP contribution in [0.3, 0.4) is 0 Å². The van der Waals surface area contributed by atoms with Crippen LogP contribution < -0.4 is 4.90 Å². The first-order valence-corrected chi connectivity index (χ1v) is 18.1. The monoisotopic (exact) mass is 677 g/mol. The number of thiazole rings is 2. The van der Waals surface area contributed by atoms with Gasteiger partial charge < -0.3 is 9.32 Å². The second-order valence-electron chi connectivity index (χ2n) is 12.3. The van der Waals surface area contributed by atoms with E-state index in [1.807, 2.05) is 24.3 Å². The highest BCUT2D eigenvalue weighted by atomic mass is 32.1. The highest BCUT2D eigenvalue weighted by molar-refractivity contribution is 7.22. The second kappa shape index (κ2) is 11.8. The Labute approximate surface area is 296 Å². The molecule has 0 unspecified atom stereocenters. The van der Waals surface area contributed by atoms with Crippen molar-refractivity contribution in [2.45, 2.75) is 0 Å². The van der Waals surface area contributed by atoms with Crippen LogP contribution in [0.25, 0.3) is 74.6 Å². The van der Waals surface area contributed by atoms with Crippen molar-refractivity contribution in [2.75, 3.05) is 4.90 Å². The van der Waals surface area contributed by atoms with Gasteiger partial charge in [0, 0.05) is 39.0 Å². The molecule has 10 rings (SSSR count). The number of nitrogens with zero attached hydrogens (tertiary/aromatic N) is 3. The average Bonchev–Trinajstić information content (AvgIpc) is 3.91. The minimum absolute atomic E-state index is 0.904. The van der Waals surface area contributed by atoms with Gasteiger partial charge in [-0.15, -0.1) is 22.7 Å². The van der Waals surface area contributed by atoms with E-state index in [1.54, 1.807) is 22.7 Å². The van der Waals surface area contributed by atoms with E-state index in [2.05, 4.69) is 144 Å². The lowest BCUT2D eigenvalue weighted by Gasteiger charge is -2.26. The summed E-state index contributed by atoms with van der Waals surface area (Å²) in [6, 6.07) is 57.5. The maximum Gasteiger partial charge on any atom is 0.135 e. The Bertz CT molecular complexity index is 2630. The van der Waals surface area contributed by atoms with E-state index in [9.17, 15) is 0 Å². The fraction of sp³-hybridized carbons (Fsp3) is 0. The summed E-state index contributed by atoms with van der Waals surface area (Å²) < 4.78 is 8.47. The number of hydrogen-bond donors (Lipinski definition) is 0. The molecule has 3 heterocycles. The van der Waals surface area contributed by atoms with Crippen molar-refractivity contribution >= 4 is 82.1 Å². The highest BCUT2D eigenvalue weighted by Gasteiger charge is 2.16. The average molecular weight is 678 g/mol. The summed E-state index contributed by atoms with van der Waals surface area (Å²) >= 11 is 3.45. The van der Waals surface area contributed by atoms with E-state index in [4.69, 9.17) is 14.4 Å². The summed E-state index contributed by atoms with van der Waals surface area (Å²) in [5.41, 5.74) is 11.6. The van der Waals surface area contributed by atoms with Crippen molar-refractivity contribution in [1.82, 2.24) is 9.97 Å². The number of hydrogen-bond acceptors (Lipinski definition) is 6. The van der Waals surface area contributed by atoms with E-state index >= 15 is 0 Å². The van der Waals surface area contributed by atoms with Gasteiger partial charge in [-0.2, -0.15) is 0 Å². The Morgan fingerprint density at radius 1 is 0.400 bits per heavy atom. The number of benzene rings is 7. The molecule has 0 saturated carbocycles.